The second kappa shape index (κ2) is 12.9. The van der Waals surface area contributed by atoms with E-state index in [1.807, 2.05) is 20.8 Å². The Bertz CT molecular complexity index is 1630. The van der Waals surface area contributed by atoms with Crippen molar-refractivity contribution in [3.63, 3.8) is 0 Å². The minimum absolute atomic E-state index is 0.0168. The van der Waals surface area contributed by atoms with Gasteiger partial charge in [0.15, 0.2) is 9.84 Å². The first-order chi connectivity index (χ1) is 19.3. The molecule has 0 spiro atoms. The molecule has 0 saturated heterocycles. The number of sulfonamides is 1. The van der Waals surface area contributed by atoms with Crippen LogP contribution in [0.25, 0.3) is 0 Å². The number of anilines is 1. The van der Waals surface area contributed by atoms with E-state index < -0.39 is 49.8 Å². The summed E-state index contributed by atoms with van der Waals surface area (Å²) in [6, 6.07) is 16.6. The molecule has 1 aliphatic heterocycles. The highest BCUT2D eigenvalue weighted by atomic mass is 32.2. The highest BCUT2D eigenvalue weighted by Gasteiger charge is 2.36. The fourth-order valence-electron chi connectivity index (χ4n) is 4.47. The number of sulfone groups is 1. The van der Waals surface area contributed by atoms with Crippen molar-refractivity contribution in [2.24, 2.45) is 0 Å². The van der Waals surface area contributed by atoms with Crippen molar-refractivity contribution >= 4 is 31.5 Å². The number of hydrogen-bond acceptors (Lipinski definition) is 7. The second-order valence-electron chi connectivity index (χ2n) is 10.0. The van der Waals surface area contributed by atoms with Crippen LogP contribution in [0.5, 0.6) is 5.75 Å². The molecule has 0 bridgehead atoms. The van der Waals surface area contributed by atoms with E-state index in [1.165, 1.54) is 18.2 Å². The molecule has 4 rings (SSSR count). The first-order valence-electron chi connectivity index (χ1n) is 12.9. The van der Waals surface area contributed by atoms with Crippen LogP contribution in [0.3, 0.4) is 0 Å². The van der Waals surface area contributed by atoms with E-state index in [0.29, 0.717) is 17.7 Å². The smallest absolute Gasteiger partial charge is 0.255 e. The maximum absolute atomic E-state index is 13.2. The average molecular weight is 599 g/mol. The second-order valence-corrected chi connectivity index (χ2v) is 13.8. The molecule has 3 N–H and O–H groups in total. The van der Waals surface area contributed by atoms with Crippen LogP contribution in [0, 0.1) is 12.8 Å². The Hall–Kier alpha value is -3.69. The average Bonchev–Trinajstić information content (AvgIpc) is 2.93. The SMILES string of the molecule is C#C.CCc1ccc(S(=O)(=O)N[C@H]2CC(C)(C)Oc3ccc(C(=O)Nc4cccc(S(=O)(=O)CCO)c4)cc32)cc1. The Balaban J connectivity index is 0.00000226. The van der Waals surface area contributed by atoms with Gasteiger partial charge in [-0.2, -0.15) is 0 Å². The van der Waals surface area contributed by atoms with Gasteiger partial charge in [0.2, 0.25) is 10.0 Å². The lowest BCUT2D eigenvalue weighted by atomic mass is 9.89. The molecule has 1 aliphatic rings. The van der Waals surface area contributed by atoms with E-state index in [9.17, 15) is 21.6 Å². The zero-order valence-corrected chi connectivity index (χ0v) is 24.8. The molecule has 1 heterocycles. The maximum atomic E-state index is 13.2. The van der Waals surface area contributed by atoms with Crippen LogP contribution < -0.4 is 14.8 Å². The first kappa shape index (κ1) is 31.8. The minimum Gasteiger partial charge on any atom is -0.487 e. The van der Waals surface area contributed by atoms with Gasteiger partial charge in [0.25, 0.3) is 5.91 Å². The number of terminal acetylenes is 1. The molecule has 3 aromatic rings. The van der Waals surface area contributed by atoms with E-state index in [0.717, 1.165) is 12.0 Å². The van der Waals surface area contributed by atoms with Gasteiger partial charge in [-0.05, 0) is 74.4 Å². The van der Waals surface area contributed by atoms with Gasteiger partial charge < -0.3 is 15.2 Å². The number of ether oxygens (including phenoxy) is 1. The van der Waals surface area contributed by atoms with Crippen LogP contribution in [0.4, 0.5) is 5.69 Å². The third-order valence-electron chi connectivity index (χ3n) is 6.48. The Labute approximate surface area is 241 Å². The normalized spacial score (nSPS) is 15.9. The van der Waals surface area contributed by atoms with Crippen LogP contribution in [-0.2, 0) is 26.3 Å². The monoisotopic (exact) mass is 598 g/mol. The standard InChI is InChI=1S/C28H32N2O7S2.C2H2/c1-4-19-8-11-22(12-9-19)39(35,36)30-25-18-28(2,3)37-26-13-10-20(16-24(25)26)27(32)29-21-6-5-7-23(17-21)38(33,34)15-14-31;1-2/h5-13,16-17,25,30-31H,4,14-15,18H2,1-3H3,(H,29,32);1-2H/t25-;/m0./s1. The van der Waals surface area contributed by atoms with Crippen LogP contribution in [0.1, 0.15) is 54.7 Å². The fraction of sp³-hybridized carbons (Fsp3) is 0.300. The summed E-state index contributed by atoms with van der Waals surface area (Å²) >= 11 is 0. The van der Waals surface area contributed by atoms with Crippen molar-refractivity contribution in [2.75, 3.05) is 17.7 Å². The lowest BCUT2D eigenvalue weighted by molar-refractivity contribution is 0.0701. The van der Waals surface area contributed by atoms with Gasteiger partial charge in [0.05, 0.1) is 28.2 Å². The molecule has 11 heteroatoms. The summed E-state index contributed by atoms with van der Waals surface area (Å²) in [6.45, 7) is 5.21. The molecule has 3 aromatic carbocycles. The van der Waals surface area contributed by atoms with E-state index in [-0.39, 0.29) is 21.0 Å². The number of fused-ring (bicyclic) bond motifs is 1. The number of hydrogen-bond donors (Lipinski definition) is 3. The molecule has 1 atom stereocenters. The Morgan fingerprint density at radius 2 is 1.68 bits per heavy atom. The highest BCUT2D eigenvalue weighted by molar-refractivity contribution is 7.91. The highest BCUT2D eigenvalue weighted by Crippen LogP contribution is 2.40. The summed E-state index contributed by atoms with van der Waals surface area (Å²) in [4.78, 5) is 13.2. The number of amides is 1. The van der Waals surface area contributed by atoms with E-state index in [4.69, 9.17) is 9.84 Å². The molecule has 218 valence electrons. The van der Waals surface area contributed by atoms with E-state index in [1.54, 1.807) is 48.5 Å². The van der Waals surface area contributed by atoms with Gasteiger partial charge in [-0.15, -0.1) is 12.8 Å². The first-order valence-corrected chi connectivity index (χ1v) is 16.0. The zero-order chi connectivity index (χ0) is 30.4. The number of benzene rings is 3. The van der Waals surface area contributed by atoms with Crippen LogP contribution in [0.15, 0.2) is 76.5 Å². The molecule has 0 saturated carbocycles. The lowest BCUT2D eigenvalue weighted by Gasteiger charge is -2.38. The zero-order valence-electron chi connectivity index (χ0n) is 23.1. The van der Waals surface area contributed by atoms with Crippen molar-refractivity contribution in [3.05, 3.63) is 83.4 Å². The number of aliphatic hydroxyl groups is 1. The fourth-order valence-corrected chi connectivity index (χ4v) is 6.75. The van der Waals surface area contributed by atoms with Gasteiger partial charge in [0.1, 0.15) is 11.4 Å². The topological polar surface area (TPSA) is 139 Å². The summed E-state index contributed by atoms with van der Waals surface area (Å²) in [7, 11) is -7.55. The summed E-state index contributed by atoms with van der Waals surface area (Å²) < 4.78 is 59.9. The van der Waals surface area contributed by atoms with Crippen molar-refractivity contribution < 1.29 is 31.5 Å². The maximum Gasteiger partial charge on any atom is 0.255 e. The molecule has 0 aliphatic carbocycles. The number of aliphatic hydroxyl groups excluding tert-OH is 1. The van der Waals surface area contributed by atoms with Crippen molar-refractivity contribution in [3.8, 4) is 18.6 Å². The van der Waals surface area contributed by atoms with Crippen molar-refractivity contribution in [2.45, 2.75) is 55.0 Å². The molecule has 0 fully saturated rings. The summed E-state index contributed by atoms with van der Waals surface area (Å²) in [6.07, 6.45) is 9.13. The molecule has 41 heavy (non-hydrogen) atoms. The lowest BCUT2D eigenvalue weighted by Crippen LogP contribution is -2.41. The van der Waals surface area contributed by atoms with Crippen LogP contribution in [-0.4, -0.2) is 45.8 Å². The van der Waals surface area contributed by atoms with Crippen LogP contribution in [0.2, 0.25) is 0 Å². The number of rotatable bonds is 9. The van der Waals surface area contributed by atoms with Crippen LogP contribution >= 0.6 is 0 Å². The number of aryl methyl sites for hydroxylation is 1. The van der Waals surface area contributed by atoms with E-state index in [2.05, 4.69) is 22.9 Å². The number of carbonyl (C=O) groups excluding carboxylic acids is 1. The molecule has 9 nitrogen and oxygen atoms in total. The Morgan fingerprint density at radius 1 is 1.00 bits per heavy atom. The van der Waals surface area contributed by atoms with E-state index >= 15 is 0 Å². The van der Waals surface area contributed by atoms with Gasteiger partial charge in [-0.25, -0.2) is 21.6 Å². The third kappa shape index (κ3) is 7.74. The number of carbonyl (C=O) groups is 1. The number of nitrogens with one attached hydrogen (secondary N) is 2. The third-order valence-corrected chi connectivity index (χ3v) is 9.66. The van der Waals surface area contributed by atoms with Gasteiger partial charge in [-0.1, -0.05) is 25.1 Å². The Kier molecular flexibility index (Phi) is 9.99. The molecular formula is C30H34N2O7S2. The van der Waals surface area contributed by atoms with Gasteiger partial charge in [0, 0.05) is 23.2 Å². The predicted molar refractivity (Wildman–Crippen MR) is 158 cm³/mol. The van der Waals surface area contributed by atoms with Gasteiger partial charge in [-0.3, -0.25) is 4.79 Å². The largest absolute Gasteiger partial charge is 0.487 e. The summed E-state index contributed by atoms with van der Waals surface area (Å²) in [5.74, 6) is -0.462. The van der Waals surface area contributed by atoms with Crippen molar-refractivity contribution in [1.29, 1.82) is 0 Å². The van der Waals surface area contributed by atoms with Gasteiger partial charge >= 0.3 is 0 Å². The molecule has 0 radical (unpaired) electrons. The summed E-state index contributed by atoms with van der Waals surface area (Å²) in [5, 5.41) is 11.7. The predicted octanol–water partition coefficient (Wildman–Crippen LogP) is 4.10. The molecular weight excluding hydrogens is 564 g/mol. The Morgan fingerprint density at radius 3 is 2.32 bits per heavy atom. The molecule has 0 aromatic heterocycles. The van der Waals surface area contributed by atoms with Crippen molar-refractivity contribution in [1.82, 2.24) is 4.72 Å². The molecule has 0 unspecified atom stereocenters. The molecule has 1 amide bonds. The summed E-state index contributed by atoms with van der Waals surface area (Å²) in [5.41, 5.74) is 1.41. The quantitative estimate of drug-likeness (QED) is 0.315. The minimum atomic E-state index is -3.86.